The van der Waals surface area contributed by atoms with Crippen molar-refractivity contribution in [2.45, 2.75) is 0 Å². The summed E-state index contributed by atoms with van der Waals surface area (Å²) in [7, 11) is 0. The largest absolute Gasteiger partial charge is 0.421 e. The fourth-order valence-corrected chi connectivity index (χ4v) is 3.06. The standard InChI is InChI=1S/C21H13BrN2O4/c22-14-6-8-15(9-7-14)24-11-10-18-16(20(24)26)12-17(21(27)28-18)23-19(25)13-4-2-1-3-5-13/h1-12H,(H,23,25). The molecule has 0 fully saturated rings. The number of carbonyl (C=O) groups is 1. The lowest BCUT2D eigenvalue weighted by molar-refractivity contribution is 0.102. The van der Waals surface area contributed by atoms with Gasteiger partial charge in [0, 0.05) is 21.9 Å². The molecule has 4 aromatic rings. The zero-order valence-electron chi connectivity index (χ0n) is 14.4. The Morgan fingerprint density at radius 3 is 2.39 bits per heavy atom. The predicted octanol–water partition coefficient (Wildman–Crippen LogP) is 3.96. The molecule has 0 saturated carbocycles. The Morgan fingerprint density at radius 1 is 0.964 bits per heavy atom. The molecule has 2 heterocycles. The molecule has 138 valence electrons. The van der Waals surface area contributed by atoms with Crippen LogP contribution in [0, 0.1) is 0 Å². The molecule has 2 aromatic heterocycles. The van der Waals surface area contributed by atoms with Gasteiger partial charge in [0.25, 0.3) is 11.5 Å². The summed E-state index contributed by atoms with van der Waals surface area (Å²) >= 11 is 3.36. The van der Waals surface area contributed by atoms with Gasteiger partial charge in [-0.05, 0) is 48.5 Å². The summed E-state index contributed by atoms with van der Waals surface area (Å²) in [6.45, 7) is 0. The normalized spacial score (nSPS) is 10.8. The Labute approximate surface area is 167 Å². The minimum Gasteiger partial charge on any atom is -0.421 e. The Kier molecular flexibility index (Phi) is 4.67. The van der Waals surface area contributed by atoms with Gasteiger partial charge in [-0.25, -0.2) is 4.79 Å². The highest BCUT2D eigenvalue weighted by atomic mass is 79.9. The summed E-state index contributed by atoms with van der Waals surface area (Å²) in [6.07, 6.45) is 1.54. The topological polar surface area (TPSA) is 81.3 Å². The highest BCUT2D eigenvalue weighted by molar-refractivity contribution is 9.10. The van der Waals surface area contributed by atoms with E-state index < -0.39 is 11.5 Å². The van der Waals surface area contributed by atoms with Crippen LogP contribution in [0.1, 0.15) is 10.4 Å². The molecular formula is C21H13BrN2O4. The SMILES string of the molecule is O=C(Nc1cc2c(=O)n(-c3ccc(Br)cc3)ccc2oc1=O)c1ccccc1. The monoisotopic (exact) mass is 436 g/mol. The average molecular weight is 437 g/mol. The van der Waals surface area contributed by atoms with Gasteiger partial charge in [0.1, 0.15) is 11.3 Å². The van der Waals surface area contributed by atoms with Gasteiger partial charge in [0.05, 0.1) is 5.39 Å². The molecule has 0 bridgehead atoms. The summed E-state index contributed by atoms with van der Waals surface area (Å²) < 4.78 is 7.56. The molecule has 0 spiro atoms. The Bertz CT molecular complexity index is 1290. The van der Waals surface area contributed by atoms with Crippen molar-refractivity contribution >= 4 is 38.5 Å². The highest BCUT2D eigenvalue weighted by Gasteiger charge is 2.13. The average Bonchev–Trinajstić information content (AvgIpc) is 2.71. The van der Waals surface area contributed by atoms with E-state index in [-0.39, 0.29) is 22.2 Å². The van der Waals surface area contributed by atoms with E-state index in [1.165, 1.54) is 10.6 Å². The molecule has 1 N–H and O–H groups in total. The molecule has 0 aliphatic heterocycles. The second-order valence-corrected chi connectivity index (χ2v) is 6.93. The smallest absolute Gasteiger partial charge is 0.360 e. The van der Waals surface area contributed by atoms with Gasteiger partial charge in [-0.15, -0.1) is 0 Å². The van der Waals surface area contributed by atoms with Crippen LogP contribution in [-0.2, 0) is 0 Å². The van der Waals surface area contributed by atoms with Crippen molar-refractivity contribution in [3.05, 3.63) is 104 Å². The molecule has 0 radical (unpaired) electrons. The summed E-state index contributed by atoms with van der Waals surface area (Å²) in [5, 5.41) is 2.70. The quantitative estimate of drug-likeness (QED) is 0.526. The van der Waals surface area contributed by atoms with Crippen molar-refractivity contribution in [3.8, 4) is 5.69 Å². The first-order chi connectivity index (χ1) is 13.5. The Hall–Kier alpha value is -3.45. The molecule has 0 aliphatic carbocycles. The maximum absolute atomic E-state index is 12.9. The minimum atomic E-state index is -0.724. The first kappa shape index (κ1) is 17.9. The fraction of sp³-hybridized carbons (Fsp3) is 0. The summed E-state index contributed by atoms with van der Waals surface area (Å²) in [5.74, 6) is -0.462. The maximum atomic E-state index is 12.9. The van der Waals surface area contributed by atoms with Crippen molar-refractivity contribution < 1.29 is 9.21 Å². The number of hydrogen-bond acceptors (Lipinski definition) is 4. The molecule has 2 aromatic carbocycles. The van der Waals surface area contributed by atoms with Crippen molar-refractivity contribution in [1.29, 1.82) is 0 Å². The number of nitrogens with zero attached hydrogens (tertiary/aromatic N) is 1. The fourth-order valence-electron chi connectivity index (χ4n) is 2.79. The first-order valence-electron chi connectivity index (χ1n) is 8.35. The second-order valence-electron chi connectivity index (χ2n) is 6.01. The molecular weight excluding hydrogens is 424 g/mol. The third-order valence-corrected chi connectivity index (χ3v) is 4.72. The number of aromatic nitrogens is 1. The van der Waals surface area contributed by atoms with E-state index in [4.69, 9.17) is 4.42 Å². The van der Waals surface area contributed by atoms with Crippen LogP contribution in [0.15, 0.2) is 91.4 Å². The molecule has 6 nitrogen and oxygen atoms in total. The summed E-state index contributed by atoms with van der Waals surface area (Å²) in [4.78, 5) is 37.4. The lowest BCUT2D eigenvalue weighted by Crippen LogP contribution is -2.21. The molecule has 4 rings (SSSR count). The Morgan fingerprint density at radius 2 is 1.68 bits per heavy atom. The van der Waals surface area contributed by atoms with Crippen LogP contribution in [0.2, 0.25) is 0 Å². The maximum Gasteiger partial charge on any atom is 0.360 e. The zero-order valence-corrected chi connectivity index (χ0v) is 16.0. The number of nitrogens with one attached hydrogen (secondary N) is 1. The molecule has 0 unspecified atom stereocenters. The molecule has 7 heteroatoms. The third kappa shape index (κ3) is 3.39. The number of rotatable bonds is 3. The summed E-state index contributed by atoms with van der Waals surface area (Å²) in [5.41, 5.74) is 0.0305. The number of benzene rings is 2. The van der Waals surface area contributed by atoms with Gasteiger partial charge >= 0.3 is 5.63 Å². The molecule has 0 aliphatic rings. The van der Waals surface area contributed by atoms with Gasteiger partial charge in [0.2, 0.25) is 0 Å². The number of fused-ring (bicyclic) bond motifs is 1. The van der Waals surface area contributed by atoms with E-state index in [0.717, 1.165) is 4.47 Å². The van der Waals surface area contributed by atoms with E-state index in [2.05, 4.69) is 21.2 Å². The van der Waals surface area contributed by atoms with Crippen LogP contribution < -0.4 is 16.5 Å². The number of hydrogen-bond donors (Lipinski definition) is 1. The number of anilines is 1. The van der Waals surface area contributed by atoms with Gasteiger partial charge in [-0.2, -0.15) is 0 Å². The van der Waals surface area contributed by atoms with Crippen LogP contribution in [0.25, 0.3) is 16.7 Å². The van der Waals surface area contributed by atoms with Crippen LogP contribution in [0.4, 0.5) is 5.69 Å². The van der Waals surface area contributed by atoms with Gasteiger partial charge < -0.3 is 9.73 Å². The van der Waals surface area contributed by atoms with Gasteiger partial charge in [-0.1, -0.05) is 34.1 Å². The van der Waals surface area contributed by atoms with E-state index >= 15 is 0 Å². The van der Waals surface area contributed by atoms with Crippen molar-refractivity contribution in [3.63, 3.8) is 0 Å². The van der Waals surface area contributed by atoms with Gasteiger partial charge in [-0.3, -0.25) is 14.2 Å². The summed E-state index contributed by atoms with van der Waals surface area (Å²) in [6, 6.07) is 18.6. The number of amides is 1. The highest BCUT2D eigenvalue weighted by Crippen LogP contribution is 2.16. The van der Waals surface area contributed by atoms with E-state index in [1.807, 2.05) is 12.1 Å². The van der Waals surface area contributed by atoms with Crippen LogP contribution in [0.5, 0.6) is 0 Å². The number of halogens is 1. The molecule has 28 heavy (non-hydrogen) atoms. The van der Waals surface area contributed by atoms with Gasteiger partial charge in [0.15, 0.2) is 0 Å². The lowest BCUT2D eigenvalue weighted by Gasteiger charge is -2.08. The molecule has 1 amide bonds. The number of pyridine rings is 1. The number of carbonyl (C=O) groups excluding carboxylic acids is 1. The molecule has 0 atom stereocenters. The minimum absolute atomic E-state index is 0.0907. The second kappa shape index (κ2) is 7.28. The Balaban J connectivity index is 1.79. The van der Waals surface area contributed by atoms with Crippen LogP contribution in [-0.4, -0.2) is 10.5 Å². The van der Waals surface area contributed by atoms with Crippen molar-refractivity contribution in [1.82, 2.24) is 4.57 Å². The third-order valence-electron chi connectivity index (χ3n) is 4.19. The van der Waals surface area contributed by atoms with E-state index in [1.54, 1.807) is 54.7 Å². The van der Waals surface area contributed by atoms with Crippen molar-refractivity contribution in [2.24, 2.45) is 0 Å². The van der Waals surface area contributed by atoms with Crippen molar-refractivity contribution in [2.75, 3.05) is 5.32 Å². The van der Waals surface area contributed by atoms with E-state index in [0.29, 0.717) is 11.3 Å². The zero-order chi connectivity index (χ0) is 19.7. The first-order valence-corrected chi connectivity index (χ1v) is 9.14. The molecule has 0 saturated heterocycles. The lowest BCUT2D eigenvalue weighted by atomic mass is 10.2. The van der Waals surface area contributed by atoms with E-state index in [9.17, 15) is 14.4 Å². The predicted molar refractivity (Wildman–Crippen MR) is 110 cm³/mol. The van der Waals surface area contributed by atoms with Crippen LogP contribution >= 0.6 is 15.9 Å². The van der Waals surface area contributed by atoms with Crippen LogP contribution in [0.3, 0.4) is 0 Å².